The summed E-state index contributed by atoms with van der Waals surface area (Å²) < 4.78 is 0. The van der Waals surface area contributed by atoms with Crippen molar-refractivity contribution in [1.82, 2.24) is 5.32 Å². The van der Waals surface area contributed by atoms with Gasteiger partial charge < -0.3 is 20.6 Å². The molecule has 0 fully saturated rings. The van der Waals surface area contributed by atoms with Crippen molar-refractivity contribution >= 4 is 5.91 Å². The molecule has 0 saturated carbocycles. The lowest BCUT2D eigenvalue weighted by atomic mass is 10.0. The maximum atomic E-state index is 12.4. The number of rotatable bonds is 38. The second-order valence-electron chi connectivity index (χ2n) is 14.6. The van der Waals surface area contributed by atoms with Crippen molar-refractivity contribution in [1.29, 1.82) is 0 Å². The number of amides is 1. The number of unbranched alkanes of at least 4 members (excludes halogenated alkanes) is 28. The number of hydrogen-bond acceptors (Lipinski definition) is 4. The molecule has 0 bridgehead atoms. The lowest BCUT2D eigenvalue weighted by Crippen LogP contribution is -2.48. The molecule has 3 atom stereocenters. The number of nitrogens with one attached hydrogen (secondary N) is 1. The van der Waals surface area contributed by atoms with Crippen molar-refractivity contribution in [2.24, 2.45) is 0 Å². The normalized spacial score (nSPS) is 13.9. The molecule has 0 aliphatic rings. The quantitative estimate of drug-likeness (QED) is 0.0387. The Labute approximate surface area is 299 Å². The van der Waals surface area contributed by atoms with E-state index in [2.05, 4.69) is 31.3 Å². The van der Waals surface area contributed by atoms with Crippen LogP contribution in [0.1, 0.15) is 219 Å². The molecule has 3 unspecified atom stereocenters. The van der Waals surface area contributed by atoms with Gasteiger partial charge in [0.05, 0.1) is 18.8 Å². The van der Waals surface area contributed by atoms with Gasteiger partial charge in [-0.1, -0.05) is 199 Å². The molecule has 5 heteroatoms. The summed E-state index contributed by atoms with van der Waals surface area (Å²) in [6, 6.07) is -0.797. The number of aliphatic hydroxyl groups excluding tert-OH is 3. The van der Waals surface area contributed by atoms with Crippen LogP contribution in [0.3, 0.4) is 0 Å². The molecule has 284 valence electrons. The van der Waals surface area contributed by atoms with Crippen molar-refractivity contribution in [3.63, 3.8) is 0 Å². The zero-order chi connectivity index (χ0) is 35.2. The van der Waals surface area contributed by atoms with Crippen LogP contribution in [0.5, 0.6) is 0 Å². The summed E-state index contributed by atoms with van der Waals surface area (Å²) in [6.07, 6.45) is 46.3. The molecular weight excluding hydrogens is 594 g/mol. The van der Waals surface area contributed by atoms with Crippen molar-refractivity contribution in [3.8, 4) is 0 Å². The molecule has 0 radical (unpaired) electrons. The Hall–Kier alpha value is -1.17. The standard InChI is InChI=1S/C43H83NO4/c1-3-5-7-9-11-13-15-17-18-19-20-21-22-23-24-26-28-30-32-34-36-38-42(47)43(48)44-40(39-45)41(46)37-35-33-31-29-27-25-16-14-12-10-8-6-4-2/h22-23,35,37,40-42,45-47H,3-21,24-34,36,38-39H2,1-2H3,(H,44,48)/b23-22-,37-35+. The second kappa shape index (κ2) is 38.6. The zero-order valence-electron chi connectivity index (χ0n) is 32.1. The van der Waals surface area contributed by atoms with Crippen LogP contribution in [0, 0.1) is 0 Å². The van der Waals surface area contributed by atoms with Crippen LogP contribution in [0.25, 0.3) is 0 Å². The third-order valence-electron chi connectivity index (χ3n) is 9.79. The molecule has 0 spiro atoms. The fourth-order valence-electron chi connectivity index (χ4n) is 6.41. The van der Waals surface area contributed by atoms with Crippen LogP contribution in [-0.2, 0) is 4.79 Å². The van der Waals surface area contributed by atoms with Gasteiger partial charge in [-0.3, -0.25) is 4.79 Å². The van der Waals surface area contributed by atoms with E-state index >= 15 is 0 Å². The van der Waals surface area contributed by atoms with Gasteiger partial charge in [0.2, 0.25) is 5.91 Å². The van der Waals surface area contributed by atoms with E-state index in [1.807, 2.05) is 6.08 Å². The third kappa shape index (κ3) is 33.3. The maximum Gasteiger partial charge on any atom is 0.249 e. The molecule has 1 amide bonds. The second-order valence-corrected chi connectivity index (χ2v) is 14.6. The Morgan fingerprint density at radius 3 is 1.21 bits per heavy atom. The first-order valence-corrected chi connectivity index (χ1v) is 21.2. The van der Waals surface area contributed by atoms with Gasteiger partial charge in [-0.15, -0.1) is 0 Å². The highest BCUT2D eigenvalue weighted by Crippen LogP contribution is 2.15. The predicted molar refractivity (Wildman–Crippen MR) is 208 cm³/mol. The largest absolute Gasteiger partial charge is 0.394 e. The van der Waals surface area contributed by atoms with E-state index in [1.54, 1.807) is 6.08 Å². The van der Waals surface area contributed by atoms with Crippen LogP contribution in [0.2, 0.25) is 0 Å². The van der Waals surface area contributed by atoms with E-state index in [4.69, 9.17) is 0 Å². The van der Waals surface area contributed by atoms with Crippen LogP contribution in [0.4, 0.5) is 0 Å². The van der Waals surface area contributed by atoms with Gasteiger partial charge >= 0.3 is 0 Å². The van der Waals surface area contributed by atoms with E-state index < -0.39 is 24.2 Å². The summed E-state index contributed by atoms with van der Waals surface area (Å²) in [5.74, 6) is -0.508. The Bertz CT molecular complexity index is 709. The Balaban J connectivity index is 3.67. The molecule has 0 heterocycles. The molecule has 4 N–H and O–H groups in total. The van der Waals surface area contributed by atoms with Crippen molar-refractivity contribution in [2.45, 2.75) is 238 Å². The number of hydrogen-bond donors (Lipinski definition) is 4. The molecule has 0 rings (SSSR count). The van der Waals surface area contributed by atoms with Gasteiger partial charge in [0.15, 0.2) is 0 Å². The molecule has 0 aliphatic heterocycles. The number of aliphatic hydroxyl groups is 3. The van der Waals surface area contributed by atoms with Gasteiger partial charge in [0.1, 0.15) is 6.10 Å². The lowest BCUT2D eigenvalue weighted by molar-refractivity contribution is -0.131. The van der Waals surface area contributed by atoms with E-state index in [1.165, 1.54) is 167 Å². The van der Waals surface area contributed by atoms with Gasteiger partial charge in [0.25, 0.3) is 0 Å². The summed E-state index contributed by atoms with van der Waals surface area (Å²) in [5, 5.41) is 33.0. The highest BCUT2D eigenvalue weighted by molar-refractivity contribution is 5.80. The fraction of sp³-hybridized carbons (Fsp3) is 0.884. The first-order valence-electron chi connectivity index (χ1n) is 21.2. The van der Waals surface area contributed by atoms with Gasteiger partial charge in [-0.05, 0) is 44.9 Å². The average Bonchev–Trinajstić information content (AvgIpc) is 3.09. The Morgan fingerprint density at radius 1 is 0.500 bits per heavy atom. The summed E-state index contributed by atoms with van der Waals surface area (Å²) >= 11 is 0. The maximum absolute atomic E-state index is 12.4. The monoisotopic (exact) mass is 678 g/mol. The molecule has 5 nitrogen and oxygen atoms in total. The highest BCUT2D eigenvalue weighted by Gasteiger charge is 2.22. The number of allylic oxidation sites excluding steroid dienone is 3. The summed E-state index contributed by atoms with van der Waals surface area (Å²) in [4.78, 5) is 12.4. The minimum absolute atomic E-state index is 0.364. The van der Waals surface area contributed by atoms with Gasteiger partial charge in [-0.25, -0.2) is 0 Å². The first kappa shape index (κ1) is 46.8. The first-order chi connectivity index (χ1) is 23.6. The predicted octanol–water partition coefficient (Wildman–Crippen LogP) is 11.8. The zero-order valence-corrected chi connectivity index (χ0v) is 32.1. The van der Waals surface area contributed by atoms with Crippen LogP contribution < -0.4 is 5.32 Å². The molecule has 0 aromatic heterocycles. The smallest absolute Gasteiger partial charge is 0.249 e. The molecule has 0 aromatic carbocycles. The minimum atomic E-state index is -1.10. The summed E-state index contributed by atoms with van der Waals surface area (Å²) in [6.45, 7) is 4.17. The lowest BCUT2D eigenvalue weighted by Gasteiger charge is -2.21. The van der Waals surface area contributed by atoms with Gasteiger partial charge in [0, 0.05) is 0 Å². The summed E-state index contributed by atoms with van der Waals surface area (Å²) in [7, 11) is 0. The topological polar surface area (TPSA) is 89.8 Å². The van der Waals surface area contributed by atoms with Crippen LogP contribution >= 0.6 is 0 Å². The van der Waals surface area contributed by atoms with Crippen molar-refractivity contribution in [2.75, 3.05) is 6.61 Å². The third-order valence-corrected chi connectivity index (χ3v) is 9.79. The SMILES string of the molecule is CCCCCCCCCCCCC/C=C\CCCCCCCCC(O)C(=O)NC(CO)C(O)/C=C/CCCCCCCCCCCCC. The average molecular weight is 678 g/mol. The molecule has 0 aliphatic carbocycles. The van der Waals surface area contributed by atoms with Crippen molar-refractivity contribution < 1.29 is 20.1 Å². The Morgan fingerprint density at radius 2 is 0.833 bits per heavy atom. The summed E-state index contributed by atoms with van der Waals surface area (Å²) in [5.41, 5.74) is 0. The van der Waals surface area contributed by atoms with Gasteiger partial charge in [-0.2, -0.15) is 0 Å². The molecule has 0 aromatic rings. The van der Waals surface area contributed by atoms with E-state index in [0.29, 0.717) is 6.42 Å². The highest BCUT2D eigenvalue weighted by atomic mass is 16.3. The molecule has 48 heavy (non-hydrogen) atoms. The molecule has 0 saturated heterocycles. The van der Waals surface area contributed by atoms with E-state index in [0.717, 1.165) is 32.1 Å². The van der Waals surface area contributed by atoms with Crippen LogP contribution in [-0.4, -0.2) is 46.1 Å². The fourth-order valence-corrected chi connectivity index (χ4v) is 6.41. The minimum Gasteiger partial charge on any atom is -0.394 e. The van der Waals surface area contributed by atoms with Crippen molar-refractivity contribution in [3.05, 3.63) is 24.3 Å². The Kier molecular flexibility index (Phi) is 37.7. The van der Waals surface area contributed by atoms with Crippen LogP contribution in [0.15, 0.2) is 24.3 Å². The van der Waals surface area contributed by atoms with E-state index in [-0.39, 0.29) is 6.61 Å². The number of carbonyl (C=O) groups is 1. The van der Waals surface area contributed by atoms with E-state index in [9.17, 15) is 20.1 Å². The molecular formula is C43H83NO4. The number of carbonyl (C=O) groups excluding carboxylic acids is 1.